The number of carbonyl (C=O) groups excluding carboxylic acids is 2. The van der Waals surface area contributed by atoms with E-state index in [1.165, 1.54) is 4.90 Å². The monoisotopic (exact) mass is 363 g/mol. The smallest absolute Gasteiger partial charge is 0.270 e. The Morgan fingerprint density at radius 3 is 2.48 bits per heavy atom. The van der Waals surface area contributed by atoms with Crippen molar-refractivity contribution in [2.24, 2.45) is 0 Å². The largest absolute Gasteiger partial charge is 0.394 e. The van der Waals surface area contributed by atoms with E-state index in [4.69, 9.17) is 0 Å². The first-order valence-electron chi connectivity index (χ1n) is 8.65. The van der Waals surface area contributed by atoms with E-state index >= 15 is 0 Å². The highest BCUT2D eigenvalue weighted by molar-refractivity contribution is 5.97. The average molecular weight is 363 g/mol. The number of hydrogen-bond donors (Lipinski definition) is 2. The molecule has 6 nitrogen and oxygen atoms in total. The number of aromatic nitrogens is 1. The maximum absolute atomic E-state index is 12.6. The van der Waals surface area contributed by atoms with Crippen LogP contribution in [0, 0.1) is 0 Å². The fourth-order valence-corrected chi connectivity index (χ4v) is 2.81. The van der Waals surface area contributed by atoms with E-state index in [2.05, 4.69) is 10.3 Å². The van der Waals surface area contributed by atoms with E-state index in [0.717, 1.165) is 10.9 Å². The molecule has 3 aromatic rings. The molecule has 0 aliphatic carbocycles. The summed E-state index contributed by atoms with van der Waals surface area (Å²) in [6.45, 7) is -0.0997. The second kappa shape index (κ2) is 8.42. The molecule has 0 saturated heterocycles. The first kappa shape index (κ1) is 18.5. The minimum absolute atomic E-state index is 0.200. The normalized spacial score (nSPS) is 11.8. The quantitative estimate of drug-likeness (QED) is 0.702. The van der Waals surface area contributed by atoms with Gasteiger partial charge in [-0.3, -0.25) is 9.59 Å². The van der Waals surface area contributed by atoms with Crippen LogP contribution in [0.5, 0.6) is 0 Å². The number of pyridine rings is 1. The van der Waals surface area contributed by atoms with Crippen molar-refractivity contribution in [3.63, 3.8) is 0 Å². The molecule has 1 aromatic heterocycles. The van der Waals surface area contributed by atoms with Crippen LogP contribution >= 0.6 is 0 Å². The molecule has 6 heteroatoms. The lowest BCUT2D eigenvalue weighted by atomic mass is 10.2. The van der Waals surface area contributed by atoms with E-state index in [1.807, 2.05) is 54.6 Å². The molecule has 0 spiro atoms. The molecule has 2 aromatic carbocycles. The van der Waals surface area contributed by atoms with Crippen LogP contribution in [0.3, 0.4) is 0 Å². The number of nitrogens with one attached hydrogen (secondary N) is 1. The second-order valence-corrected chi connectivity index (χ2v) is 6.28. The minimum atomic E-state index is -1.03. The van der Waals surface area contributed by atoms with Crippen LogP contribution in [-0.4, -0.2) is 46.5 Å². The summed E-state index contributed by atoms with van der Waals surface area (Å²) in [5.74, 6) is -0.864. The van der Waals surface area contributed by atoms with Gasteiger partial charge >= 0.3 is 0 Å². The lowest BCUT2D eigenvalue weighted by Crippen LogP contribution is -2.49. The molecule has 0 unspecified atom stereocenters. The van der Waals surface area contributed by atoms with Crippen molar-refractivity contribution in [2.75, 3.05) is 13.7 Å². The van der Waals surface area contributed by atoms with Crippen LogP contribution in [0.25, 0.3) is 10.9 Å². The Morgan fingerprint density at radius 2 is 1.74 bits per heavy atom. The van der Waals surface area contributed by atoms with Crippen LogP contribution in [0.15, 0.2) is 66.7 Å². The summed E-state index contributed by atoms with van der Waals surface area (Å²) in [6.07, 6.45) is 0. The number of fused-ring (bicyclic) bond motifs is 1. The maximum atomic E-state index is 12.6. The Kier molecular flexibility index (Phi) is 5.78. The van der Waals surface area contributed by atoms with Gasteiger partial charge in [0.2, 0.25) is 5.91 Å². The van der Waals surface area contributed by atoms with Gasteiger partial charge < -0.3 is 15.3 Å². The molecular formula is C21H21N3O3. The summed E-state index contributed by atoms with van der Waals surface area (Å²) in [4.78, 5) is 30.9. The molecule has 0 fully saturated rings. The Morgan fingerprint density at radius 1 is 1.04 bits per heavy atom. The number of nitrogens with zero attached hydrogens (tertiary/aromatic N) is 2. The Hall–Kier alpha value is -3.25. The number of hydrogen-bond acceptors (Lipinski definition) is 4. The first-order valence-corrected chi connectivity index (χ1v) is 8.65. The molecule has 1 heterocycles. The van der Waals surface area contributed by atoms with Crippen LogP contribution in [0.2, 0.25) is 0 Å². The number of para-hydroxylation sites is 1. The van der Waals surface area contributed by atoms with E-state index < -0.39 is 18.6 Å². The summed E-state index contributed by atoms with van der Waals surface area (Å²) in [5, 5.41) is 13.1. The predicted molar refractivity (Wildman–Crippen MR) is 103 cm³/mol. The van der Waals surface area contributed by atoms with Crippen molar-refractivity contribution in [2.45, 2.75) is 12.6 Å². The second-order valence-electron chi connectivity index (χ2n) is 6.28. The summed E-state index contributed by atoms with van der Waals surface area (Å²) in [5.41, 5.74) is 1.86. The first-order chi connectivity index (χ1) is 13.1. The van der Waals surface area contributed by atoms with Crippen LogP contribution in [0.4, 0.5) is 0 Å². The SMILES string of the molecule is CN(Cc1ccccc1)C(=O)[C@H](CO)NC(=O)c1ccc2ccccc2n1. The maximum Gasteiger partial charge on any atom is 0.270 e. The Bertz CT molecular complexity index is 944. The fourth-order valence-electron chi connectivity index (χ4n) is 2.81. The molecular weight excluding hydrogens is 342 g/mol. The van der Waals surface area contributed by atoms with Gasteiger partial charge in [-0.1, -0.05) is 54.6 Å². The van der Waals surface area contributed by atoms with Crippen molar-refractivity contribution in [3.05, 3.63) is 78.0 Å². The number of amides is 2. The molecule has 3 rings (SSSR count). The van der Waals surface area contributed by atoms with Gasteiger partial charge in [-0.25, -0.2) is 4.98 Å². The van der Waals surface area contributed by atoms with Crippen molar-refractivity contribution in [1.29, 1.82) is 0 Å². The minimum Gasteiger partial charge on any atom is -0.394 e. The molecule has 0 radical (unpaired) electrons. The standard InChI is InChI=1S/C21H21N3O3/c1-24(13-15-7-3-2-4-8-15)21(27)19(14-25)23-20(26)18-12-11-16-9-5-6-10-17(16)22-18/h2-12,19,25H,13-14H2,1H3,(H,23,26)/t19-/m0/s1. The third kappa shape index (κ3) is 4.48. The molecule has 0 saturated carbocycles. The zero-order valence-corrected chi connectivity index (χ0v) is 15.0. The van der Waals surface area contributed by atoms with E-state index in [1.54, 1.807) is 19.2 Å². The Balaban J connectivity index is 1.69. The van der Waals surface area contributed by atoms with Gasteiger partial charge in [-0.05, 0) is 17.7 Å². The zero-order chi connectivity index (χ0) is 19.2. The summed E-state index contributed by atoms with van der Waals surface area (Å²) in [7, 11) is 1.64. The van der Waals surface area contributed by atoms with E-state index in [-0.39, 0.29) is 11.6 Å². The number of rotatable bonds is 6. The summed E-state index contributed by atoms with van der Waals surface area (Å²) < 4.78 is 0. The van der Waals surface area contributed by atoms with Crippen LogP contribution in [-0.2, 0) is 11.3 Å². The van der Waals surface area contributed by atoms with Gasteiger partial charge in [-0.15, -0.1) is 0 Å². The highest BCUT2D eigenvalue weighted by atomic mass is 16.3. The van der Waals surface area contributed by atoms with Crippen molar-refractivity contribution in [1.82, 2.24) is 15.2 Å². The Labute approximate surface area is 157 Å². The molecule has 2 N–H and O–H groups in total. The molecule has 2 amide bonds. The van der Waals surface area contributed by atoms with Crippen molar-refractivity contribution < 1.29 is 14.7 Å². The topological polar surface area (TPSA) is 82.5 Å². The fraction of sp³-hybridized carbons (Fsp3) is 0.190. The third-order valence-corrected chi connectivity index (χ3v) is 4.26. The van der Waals surface area contributed by atoms with Gasteiger partial charge in [0, 0.05) is 19.0 Å². The van der Waals surface area contributed by atoms with Crippen LogP contribution < -0.4 is 5.32 Å². The van der Waals surface area contributed by atoms with Crippen LogP contribution in [0.1, 0.15) is 16.1 Å². The number of benzene rings is 2. The zero-order valence-electron chi connectivity index (χ0n) is 15.0. The highest BCUT2D eigenvalue weighted by Gasteiger charge is 2.24. The van der Waals surface area contributed by atoms with E-state index in [9.17, 15) is 14.7 Å². The predicted octanol–water partition coefficient (Wildman–Crippen LogP) is 1.98. The number of aliphatic hydroxyl groups excluding tert-OH is 1. The summed E-state index contributed by atoms with van der Waals surface area (Å²) in [6, 6.07) is 19.3. The highest BCUT2D eigenvalue weighted by Crippen LogP contribution is 2.12. The number of aliphatic hydroxyl groups is 1. The molecule has 0 aliphatic rings. The molecule has 138 valence electrons. The molecule has 1 atom stereocenters. The summed E-state index contributed by atoms with van der Waals surface area (Å²) >= 11 is 0. The van der Waals surface area contributed by atoms with Gasteiger partial charge in [-0.2, -0.15) is 0 Å². The van der Waals surface area contributed by atoms with Gasteiger partial charge in [0.15, 0.2) is 0 Å². The number of likely N-dealkylation sites (N-methyl/N-ethyl adjacent to an activating group) is 1. The van der Waals surface area contributed by atoms with Gasteiger partial charge in [0.05, 0.1) is 12.1 Å². The van der Waals surface area contributed by atoms with Crippen molar-refractivity contribution >= 4 is 22.7 Å². The third-order valence-electron chi connectivity index (χ3n) is 4.26. The van der Waals surface area contributed by atoms with Gasteiger partial charge in [0.25, 0.3) is 5.91 Å². The van der Waals surface area contributed by atoms with E-state index in [0.29, 0.717) is 12.1 Å². The van der Waals surface area contributed by atoms with Gasteiger partial charge in [0.1, 0.15) is 11.7 Å². The lowest BCUT2D eigenvalue weighted by molar-refractivity contribution is -0.133. The van der Waals surface area contributed by atoms with Crippen molar-refractivity contribution in [3.8, 4) is 0 Å². The average Bonchev–Trinajstić information content (AvgIpc) is 2.71. The molecule has 27 heavy (non-hydrogen) atoms. The number of carbonyl (C=O) groups is 2. The lowest BCUT2D eigenvalue weighted by Gasteiger charge is -2.23. The molecule has 0 aliphatic heterocycles. The molecule has 0 bridgehead atoms.